The highest BCUT2D eigenvalue weighted by atomic mass is 35.5. The molecule has 0 bridgehead atoms. The van der Waals surface area contributed by atoms with Gasteiger partial charge in [-0.05, 0) is 18.6 Å². The quantitative estimate of drug-likeness (QED) is 0.886. The number of thiophene rings is 1. The Morgan fingerprint density at radius 1 is 1.36 bits per heavy atom. The fraction of sp³-hybridized carbons (Fsp3) is 0.667. The van der Waals surface area contributed by atoms with E-state index in [2.05, 4.69) is 10.2 Å². The molecule has 0 aliphatic carbocycles. The monoisotopic (exact) mass is 344 g/mol. The second-order valence-corrected chi connectivity index (χ2v) is 7.37. The van der Waals surface area contributed by atoms with Gasteiger partial charge in [-0.2, -0.15) is 0 Å². The molecule has 0 radical (unpaired) electrons. The average molecular weight is 345 g/mol. The molecule has 0 unspecified atom stereocenters. The van der Waals surface area contributed by atoms with Crippen molar-refractivity contribution in [1.29, 1.82) is 0 Å². The summed E-state index contributed by atoms with van der Waals surface area (Å²) in [4.78, 5) is 15.3. The molecule has 2 aliphatic rings. The lowest BCUT2D eigenvalue weighted by Gasteiger charge is -2.37. The minimum atomic E-state index is -0.0472. The average Bonchev–Trinajstić information content (AvgIpc) is 3.20. The van der Waals surface area contributed by atoms with Crippen molar-refractivity contribution in [3.8, 4) is 0 Å². The minimum absolute atomic E-state index is 0.0472. The molecular weight excluding hydrogens is 324 g/mol. The van der Waals surface area contributed by atoms with Gasteiger partial charge in [0.1, 0.15) is 0 Å². The Morgan fingerprint density at radius 2 is 2.18 bits per heavy atom. The summed E-state index contributed by atoms with van der Waals surface area (Å²) >= 11 is 7.20. The number of carbonyl (C=O) groups excluding carboxylic acids is 1. The molecule has 2 aliphatic heterocycles. The number of nitrogens with zero attached hydrogens (tertiary/aromatic N) is 1. The summed E-state index contributed by atoms with van der Waals surface area (Å²) in [7, 11) is 0. The minimum Gasteiger partial charge on any atom is -0.381 e. The van der Waals surface area contributed by atoms with Gasteiger partial charge in [0.15, 0.2) is 0 Å². The van der Waals surface area contributed by atoms with Crippen molar-refractivity contribution in [2.75, 3.05) is 46.1 Å². The molecule has 1 aromatic heterocycles. The van der Waals surface area contributed by atoms with Gasteiger partial charge in [0, 0.05) is 38.2 Å². The SMILES string of the molecule is O=C(NC[C@H]([C@@H]1CCOC1)N1CCOCC1)c1ccc(Cl)s1. The Balaban J connectivity index is 1.60. The van der Waals surface area contributed by atoms with Gasteiger partial charge in [-0.15, -0.1) is 11.3 Å². The zero-order chi connectivity index (χ0) is 15.4. The summed E-state index contributed by atoms with van der Waals surface area (Å²) in [6, 6.07) is 3.83. The molecule has 22 heavy (non-hydrogen) atoms. The van der Waals surface area contributed by atoms with Crippen LogP contribution >= 0.6 is 22.9 Å². The molecule has 1 amide bonds. The first-order valence-electron chi connectivity index (χ1n) is 7.67. The first-order valence-corrected chi connectivity index (χ1v) is 8.86. The topological polar surface area (TPSA) is 50.8 Å². The second kappa shape index (κ2) is 7.75. The smallest absolute Gasteiger partial charge is 0.261 e. The number of carbonyl (C=O) groups is 1. The zero-order valence-electron chi connectivity index (χ0n) is 12.4. The summed E-state index contributed by atoms with van der Waals surface area (Å²) in [6.07, 6.45) is 1.06. The molecule has 122 valence electrons. The number of halogens is 1. The number of amides is 1. The predicted molar refractivity (Wildman–Crippen MR) is 86.8 cm³/mol. The molecule has 1 aromatic rings. The molecule has 0 spiro atoms. The van der Waals surface area contributed by atoms with Crippen LogP contribution in [-0.2, 0) is 9.47 Å². The maximum absolute atomic E-state index is 12.2. The molecular formula is C15H21ClN2O3S. The lowest BCUT2D eigenvalue weighted by Crippen LogP contribution is -2.52. The molecule has 7 heteroatoms. The van der Waals surface area contributed by atoms with E-state index in [9.17, 15) is 4.79 Å². The van der Waals surface area contributed by atoms with E-state index in [-0.39, 0.29) is 5.91 Å². The Morgan fingerprint density at radius 3 is 2.82 bits per heavy atom. The van der Waals surface area contributed by atoms with Crippen molar-refractivity contribution < 1.29 is 14.3 Å². The van der Waals surface area contributed by atoms with Crippen LogP contribution in [0.3, 0.4) is 0 Å². The van der Waals surface area contributed by atoms with Crippen LogP contribution in [0.25, 0.3) is 0 Å². The van der Waals surface area contributed by atoms with Gasteiger partial charge in [0.2, 0.25) is 0 Å². The highest BCUT2D eigenvalue weighted by molar-refractivity contribution is 7.17. The van der Waals surface area contributed by atoms with E-state index >= 15 is 0 Å². The van der Waals surface area contributed by atoms with Crippen molar-refractivity contribution in [2.24, 2.45) is 5.92 Å². The van der Waals surface area contributed by atoms with Gasteiger partial charge in [0.05, 0.1) is 29.0 Å². The molecule has 2 fully saturated rings. The number of rotatable bonds is 5. The van der Waals surface area contributed by atoms with E-state index in [4.69, 9.17) is 21.1 Å². The lowest BCUT2D eigenvalue weighted by molar-refractivity contribution is 0.00167. The van der Waals surface area contributed by atoms with Crippen molar-refractivity contribution in [3.63, 3.8) is 0 Å². The Bertz CT molecular complexity index is 499. The van der Waals surface area contributed by atoms with Crippen LogP contribution in [0.15, 0.2) is 12.1 Å². The molecule has 2 saturated heterocycles. The van der Waals surface area contributed by atoms with E-state index in [1.165, 1.54) is 11.3 Å². The van der Waals surface area contributed by atoms with Gasteiger partial charge in [-0.25, -0.2) is 0 Å². The standard InChI is InChI=1S/C15H21ClN2O3S/c16-14-2-1-13(22-14)15(19)17-9-12(11-3-6-21-10-11)18-4-7-20-8-5-18/h1-2,11-12H,3-10H2,(H,17,19)/t11-,12-/m1/s1. The van der Waals surface area contributed by atoms with Crippen LogP contribution in [0.5, 0.6) is 0 Å². The van der Waals surface area contributed by atoms with E-state index < -0.39 is 0 Å². The molecule has 0 saturated carbocycles. The number of nitrogens with one attached hydrogen (secondary N) is 1. The molecule has 3 rings (SSSR count). The predicted octanol–water partition coefficient (Wildman–Crippen LogP) is 1.87. The largest absolute Gasteiger partial charge is 0.381 e. The summed E-state index contributed by atoms with van der Waals surface area (Å²) in [5, 5.41) is 3.06. The van der Waals surface area contributed by atoms with E-state index in [0.717, 1.165) is 45.9 Å². The first-order chi connectivity index (χ1) is 10.7. The van der Waals surface area contributed by atoms with Crippen LogP contribution in [0.2, 0.25) is 4.34 Å². The van der Waals surface area contributed by atoms with Crippen molar-refractivity contribution in [3.05, 3.63) is 21.3 Å². The molecule has 5 nitrogen and oxygen atoms in total. The molecule has 2 atom stereocenters. The van der Waals surface area contributed by atoms with Gasteiger partial charge >= 0.3 is 0 Å². The maximum atomic E-state index is 12.2. The maximum Gasteiger partial charge on any atom is 0.261 e. The van der Waals surface area contributed by atoms with Crippen molar-refractivity contribution in [1.82, 2.24) is 10.2 Å². The molecule has 3 heterocycles. The first kappa shape index (κ1) is 16.2. The third-order valence-corrected chi connectivity index (χ3v) is 5.52. The highest BCUT2D eigenvalue weighted by Crippen LogP contribution is 2.23. The highest BCUT2D eigenvalue weighted by Gasteiger charge is 2.31. The number of hydrogen-bond acceptors (Lipinski definition) is 5. The second-order valence-electron chi connectivity index (χ2n) is 5.65. The van der Waals surface area contributed by atoms with Crippen LogP contribution in [-0.4, -0.2) is 62.9 Å². The van der Waals surface area contributed by atoms with Gasteiger partial charge in [-0.3, -0.25) is 9.69 Å². The van der Waals surface area contributed by atoms with Crippen molar-refractivity contribution in [2.45, 2.75) is 12.5 Å². The zero-order valence-corrected chi connectivity index (χ0v) is 14.0. The van der Waals surface area contributed by atoms with Crippen LogP contribution < -0.4 is 5.32 Å². The number of ether oxygens (including phenoxy) is 2. The summed E-state index contributed by atoms with van der Waals surface area (Å²) in [5.41, 5.74) is 0. The van der Waals surface area contributed by atoms with Gasteiger partial charge in [0.25, 0.3) is 5.91 Å². The van der Waals surface area contributed by atoms with Crippen LogP contribution in [0.1, 0.15) is 16.1 Å². The van der Waals surface area contributed by atoms with E-state index in [1.807, 2.05) is 0 Å². The normalized spacial score (nSPS) is 24.3. The molecule has 1 N–H and O–H groups in total. The Hall–Kier alpha value is -0.660. The third kappa shape index (κ3) is 4.00. The fourth-order valence-corrected chi connectivity index (χ4v) is 4.04. The Labute approximate surface area is 139 Å². The summed E-state index contributed by atoms with van der Waals surface area (Å²) in [6.45, 7) is 5.60. The number of morpholine rings is 1. The summed E-state index contributed by atoms with van der Waals surface area (Å²) < 4.78 is 11.6. The van der Waals surface area contributed by atoms with Gasteiger partial charge in [-0.1, -0.05) is 11.6 Å². The summed E-state index contributed by atoms with van der Waals surface area (Å²) in [5.74, 6) is 0.430. The number of hydrogen-bond donors (Lipinski definition) is 1. The molecule has 0 aromatic carbocycles. The van der Waals surface area contributed by atoms with E-state index in [0.29, 0.717) is 27.7 Å². The van der Waals surface area contributed by atoms with Crippen LogP contribution in [0, 0.1) is 5.92 Å². The lowest BCUT2D eigenvalue weighted by atomic mass is 9.97. The fourth-order valence-electron chi connectivity index (χ4n) is 3.08. The van der Waals surface area contributed by atoms with Gasteiger partial charge < -0.3 is 14.8 Å². The third-order valence-electron chi connectivity index (χ3n) is 4.29. The Kier molecular flexibility index (Phi) is 5.71. The van der Waals surface area contributed by atoms with Crippen molar-refractivity contribution >= 4 is 28.8 Å². The van der Waals surface area contributed by atoms with Crippen LogP contribution in [0.4, 0.5) is 0 Å². The van der Waals surface area contributed by atoms with E-state index in [1.54, 1.807) is 12.1 Å².